The maximum Gasteiger partial charge on any atom is 0.193 e. The molecule has 0 amide bonds. The van der Waals surface area contributed by atoms with E-state index >= 15 is 0 Å². The first-order chi connectivity index (χ1) is 6.88. The molecule has 0 aromatic heterocycles. The monoisotopic (exact) mass is 216 g/mol. The van der Waals surface area contributed by atoms with Crippen LogP contribution in [0.2, 0.25) is 0 Å². The molecule has 2 aromatic rings. The summed E-state index contributed by atoms with van der Waals surface area (Å²) in [5.41, 5.74) is 1.47. The van der Waals surface area contributed by atoms with Crippen molar-refractivity contribution in [1.82, 2.24) is 12.3 Å². The van der Waals surface area contributed by atoms with Gasteiger partial charge < -0.3 is 12.3 Å². The van der Waals surface area contributed by atoms with Gasteiger partial charge in [-0.15, -0.1) is 0 Å². The zero-order valence-electron chi connectivity index (χ0n) is 9.10. The summed E-state index contributed by atoms with van der Waals surface area (Å²) in [6.45, 7) is 0. The highest BCUT2D eigenvalue weighted by molar-refractivity contribution is 6.08. The molecule has 0 aliphatic heterocycles. The maximum absolute atomic E-state index is 11.8. The summed E-state index contributed by atoms with van der Waals surface area (Å²) >= 11 is 0. The van der Waals surface area contributed by atoms with Gasteiger partial charge in [0.15, 0.2) is 5.78 Å². The maximum atomic E-state index is 11.8. The van der Waals surface area contributed by atoms with Crippen LogP contribution in [0.25, 0.3) is 0 Å². The van der Waals surface area contributed by atoms with Crippen LogP contribution < -0.4 is 12.3 Å². The van der Waals surface area contributed by atoms with Crippen LogP contribution in [-0.4, -0.2) is 5.78 Å². The summed E-state index contributed by atoms with van der Waals surface area (Å²) in [6.07, 6.45) is 0. The van der Waals surface area contributed by atoms with E-state index in [4.69, 9.17) is 0 Å². The minimum Gasteiger partial charge on any atom is -0.344 e. The fraction of sp³-hybridized carbons (Fsp3) is 0. The van der Waals surface area contributed by atoms with Gasteiger partial charge in [-0.1, -0.05) is 60.7 Å². The Bertz CT molecular complexity index is 385. The molecule has 0 unspecified atom stereocenters. The van der Waals surface area contributed by atoms with E-state index in [1.165, 1.54) is 0 Å². The summed E-state index contributed by atoms with van der Waals surface area (Å²) in [5, 5.41) is 0. The van der Waals surface area contributed by atoms with Crippen LogP contribution in [0.4, 0.5) is 0 Å². The Morgan fingerprint density at radius 1 is 0.625 bits per heavy atom. The number of carbonyl (C=O) groups is 1. The lowest BCUT2D eigenvalue weighted by molar-refractivity contribution is 0.103. The lowest BCUT2D eigenvalue weighted by Crippen LogP contribution is -1.99. The van der Waals surface area contributed by atoms with Gasteiger partial charge in [-0.3, -0.25) is 4.79 Å². The average molecular weight is 216 g/mol. The van der Waals surface area contributed by atoms with Crippen LogP contribution in [0.3, 0.4) is 0 Å². The highest BCUT2D eigenvalue weighted by Crippen LogP contribution is 2.08. The van der Waals surface area contributed by atoms with Crippen molar-refractivity contribution in [1.29, 1.82) is 0 Å². The third kappa shape index (κ3) is 3.02. The minimum absolute atomic E-state index is 0. The van der Waals surface area contributed by atoms with Crippen LogP contribution >= 0.6 is 0 Å². The molecule has 6 N–H and O–H groups in total. The molecule has 0 fully saturated rings. The van der Waals surface area contributed by atoms with Crippen molar-refractivity contribution in [2.45, 2.75) is 0 Å². The summed E-state index contributed by atoms with van der Waals surface area (Å²) in [6, 6.07) is 18.6. The van der Waals surface area contributed by atoms with Gasteiger partial charge in [-0.05, 0) is 0 Å². The molecule has 84 valence electrons. The van der Waals surface area contributed by atoms with Crippen molar-refractivity contribution < 1.29 is 4.79 Å². The van der Waals surface area contributed by atoms with Crippen molar-refractivity contribution in [3.63, 3.8) is 0 Å². The Hall–Kier alpha value is -1.97. The summed E-state index contributed by atoms with van der Waals surface area (Å²) < 4.78 is 0. The van der Waals surface area contributed by atoms with E-state index in [9.17, 15) is 4.79 Å². The zero-order valence-corrected chi connectivity index (χ0v) is 9.10. The number of hydrogen-bond acceptors (Lipinski definition) is 3. The highest BCUT2D eigenvalue weighted by Gasteiger charge is 2.06. The predicted octanol–water partition coefficient (Wildman–Crippen LogP) is 3.24. The van der Waals surface area contributed by atoms with Crippen molar-refractivity contribution in [2.24, 2.45) is 0 Å². The standard InChI is InChI=1S/C13H10O.2H3N/c14-13(11-7-3-1-4-8-11)12-9-5-2-6-10-12;;/h1-10H;2*1H3. The third-order valence-corrected chi connectivity index (χ3v) is 2.07. The lowest BCUT2D eigenvalue weighted by Gasteiger charge is -1.99. The van der Waals surface area contributed by atoms with E-state index in [0.29, 0.717) is 0 Å². The Morgan fingerprint density at radius 2 is 0.938 bits per heavy atom. The van der Waals surface area contributed by atoms with Gasteiger partial charge in [-0.25, -0.2) is 0 Å². The quantitative estimate of drug-likeness (QED) is 0.755. The molecular formula is C13H16N2O. The molecule has 0 heterocycles. The largest absolute Gasteiger partial charge is 0.344 e. The first kappa shape index (κ1) is 14.0. The summed E-state index contributed by atoms with van der Waals surface area (Å²) in [4.78, 5) is 11.8. The molecule has 2 aromatic carbocycles. The molecule has 0 saturated heterocycles. The second-order valence-electron chi connectivity index (χ2n) is 3.06. The number of carbonyl (C=O) groups excluding carboxylic acids is 1. The Balaban J connectivity index is 0.00000112. The minimum atomic E-state index is 0. The number of benzene rings is 2. The Kier molecular flexibility index (Phi) is 5.70. The van der Waals surface area contributed by atoms with E-state index < -0.39 is 0 Å². The topological polar surface area (TPSA) is 87.1 Å². The molecule has 0 spiro atoms. The molecule has 2 rings (SSSR count). The molecule has 0 bridgehead atoms. The fourth-order valence-electron chi connectivity index (χ4n) is 1.35. The van der Waals surface area contributed by atoms with Gasteiger partial charge >= 0.3 is 0 Å². The smallest absolute Gasteiger partial charge is 0.193 e. The van der Waals surface area contributed by atoms with Gasteiger partial charge in [0.05, 0.1) is 0 Å². The second kappa shape index (κ2) is 6.50. The zero-order chi connectivity index (χ0) is 9.80. The second-order valence-corrected chi connectivity index (χ2v) is 3.06. The van der Waals surface area contributed by atoms with Crippen LogP contribution in [0.5, 0.6) is 0 Å². The summed E-state index contributed by atoms with van der Waals surface area (Å²) in [7, 11) is 0. The number of ketones is 1. The van der Waals surface area contributed by atoms with Crippen molar-refractivity contribution >= 4 is 5.78 Å². The van der Waals surface area contributed by atoms with Gasteiger partial charge in [0.2, 0.25) is 0 Å². The molecule has 0 aliphatic rings. The molecule has 0 saturated carbocycles. The fourth-order valence-corrected chi connectivity index (χ4v) is 1.35. The predicted molar refractivity (Wildman–Crippen MR) is 66.4 cm³/mol. The third-order valence-electron chi connectivity index (χ3n) is 2.07. The van der Waals surface area contributed by atoms with E-state index in [-0.39, 0.29) is 18.1 Å². The Morgan fingerprint density at radius 3 is 1.25 bits per heavy atom. The molecular weight excluding hydrogens is 200 g/mol. The van der Waals surface area contributed by atoms with E-state index in [1.54, 1.807) is 0 Å². The Labute approximate surface area is 95.3 Å². The summed E-state index contributed by atoms with van der Waals surface area (Å²) in [5.74, 6) is 0.0752. The van der Waals surface area contributed by atoms with E-state index in [1.807, 2.05) is 60.7 Å². The van der Waals surface area contributed by atoms with Crippen LogP contribution in [0.15, 0.2) is 60.7 Å². The first-order valence-electron chi connectivity index (χ1n) is 4.53. The van der Waals surface area contributed by atoms with Gasteiger partial charge in [-0.2, -0.15) is 0 Å². The van der Waals surface area contributed by atoms with Crippen molar-refractivity contribution in [3.8, 4) is 0 Å². The van der Waals surface area contributed by atoms with Crippen LogP contribution in [-0.2, 0) is 0 Å². The van der Waals surface area contributed by atoms with Gasteiger partial charge in [0, 0.05) is 11.1 Å². The highest BCUT2D eigenvalue weighted by atomic mass is 16.1. The van der Waals surface area contributed by atoms with Gasteiger partial charge in [0.25, 0.3) is 0 Å². The average Bonchev–Trinajstić information content (AvgIpc) is 2.30. The van der Waals surface area contributed by atoms with Crippen LogP contribution in [0, 0.1) is 0 Å². The SMILES string of the molecule is N.N.O=C(c1ccccc1)c1ccccc1. The molecule has 0 radical (unpaired) electrons. The normalized spacial score (nSPS) is 8.50. The molecule has 0 aliphatic carbocycles. The molecule has 3 heteroatoms. The number of hydrogen-bond donors (Lipinski definition) is 2. The lowest BCUT2D eigenvalue weighted by atomic mass is 10.0. The van der Waals surface area contributed by atoms with E-state index in [2.05, 4.69) is 0 Å². The molecule has 0 atom stereocenters. The van der Waals surface area contributed by atoms with Gasteiger partial charge in [0.1, 0.15) is 0 Å². The van der Waals surface area contributed by atoms with Crippen molar-refractivity contribution in [2.75, 3.05) is 0 Å². The van der Waals surface area contributed by atoms with E-state index in [0.717, 1.165) is 11.1 Å². The molecule has 3 nitrogen and oxygen atoms in total. The first-order valence-corrected chi connectivity index (χ1v) is 4.53. The molecule has 16 heavy (non-hydrogen) atoms. The van der Waals surface area contributed by atoms with Crippen molar-refractivity contribution in [3.05, 3.63) is 71.8 Å². The number of rotatable bonds is 2. The van der Waals surface area contributed by atoms with Crippen LogP contribution in [0.1, 0.15) is 15.9 Å².